The molecule has 0 fully saturated rings. The summed E-state index contributed by atoms with van der Waals surface area (Å²) in [5, 5.41) is 0. The standard InChI is InChI=1S/C12H23NSSi2/c1-15(2,3)13(16(4,5)6)14-12-10-8-7-9-11-12/h7-11H,1-6H3. The van der Waals surface area contributed by atoms with Crippen molar-refractivity contribution < 1.29 is 0 Å². The summed E-state index contributed by atoms with van der Waals surface area (Å²) in [7, 11) is -2.49. The minimum absolute atomic E-state index is 1.25. The van der Waals surface area contributed by atoms with Crippen LogP contribution in [0.5, 0.6) is 0 Å². The van der Waals surface area contributed by atoms with Crippen LogP contribution in [0.3, 0.4) is 0 Å². The van der Waals surface area contributed by atoms with E-state index in [1.807, 2.05) is 11.9 Å². The van der Waals surface area contributed by atoms with Gasteiger partial charge in [-0.15, -0.1) is 0 Å². The van der Waals surface area contributed by atoms with Gasteiger partial charge in [0.25, 0.3) is 0 Å². The Kier molecular flexibility index (Phi) is 4.45. The van der Waals surface area contributed by atoms with Crippen molar-refractivity contribution in [3.05, 3.63) is 30.3 Å². The summed E-state index contributed by atoms with van der Waals surface area (Å²) < 4.78 is 2.73. The molecule has 0 radical (unpaired) electrons. The van der Waals surface area contributed by atoms with E-state index in [-0.39, 0.29) is 0 Å². The van der Waals surface area contributed by atoms with Crippen molar-refractivity contribution in [1.82, 2.24) is 3.64 Å². The van der Waals surface area contributed by atoms with E-state index in [4.69, 9.17) is 0 Å². The maximum atomic E-state index is 2.73. The van der Waals surface area contributed by atoms with Gasteiger partial charge in [0.2, 0.25) is 0 Å². The summed E-state index contributed by atoms with van der Waals surface area (Å²) >= 11 is 1.96. The molecule has 0 aliphatic carbocycles. The predicted octanol–water partition coefficient (Wildman–Crippen LogP) is 4.67. The van der Waals surface area contributed by atoms with E-state index in [0.717, 1.165) is 0 Å². The van der Waals surface area contributed by atoms with E-state index < -0.39 is 16.5 Å². The van der Waals surface area contributed by atoms with Crippen LogP contribution in [0.15, 0.2) is 35.2 Å². The Morgan fingerprint density at radius 2 is 1.25 bits per heavy atom. The second-order valence-corrected chi connectivity index (χ2v) is 17.7. The largest absolute Gasteiger partial charge is 0.289 e. The maximum Gasteiger partial charge on any atom is 0.123 e. The summed E-state index contributed by atoms with van der Waals surface area (Å²) in [6, 6.07) is 10.7. The average Bonchev–Trinajstić information content (AvgIpc) is 2.12. The van der Waals surface area contributed by atoms with Gasteiger partial charge in [-0.2, -0.15) is 0 Å². The molecule has 1 rings (SSSR count). The Labute approximate surface area is 107 Å². The number of rotatable bonds is 4. The van der Waals surface area contributed by atoms with Gasteiger partial charge in [-0.3, -0.25) is 3.64 Å². The molecular formula is C12H23NSSi2. The lowest BCUT2D eigenvalue weighted by atomic mass is 10.4. The average molecular weight is 270 g/mol. The maximum absolute atomic E-state index is 2.73. The molecule has 16 heavy (non-hydrogen) atoms. The quantitative estimate of drug-likeness (QED) is 0.577. The Hall–Kier alpha value is -0.0362. The second-order valence-electron chi connectivity index (χ2n) is 6.04. The first-order chi connectivity index (χ1) is 7.21. The zero-order valence-electron chi connectivity index (χ0n) is 11.2. The molecule has 0 N–H and O–H groups in total. The van der Waals surface area contributed by atoms with E-state index in [0.29, 0.717) is 0 Å². The van der Waals surface area contributed by atoms with Gasteiger partial charge in [0.15, 0.2) is 0 Å². The Bertz CT molecular complexity index is 313. The first-order valence-corrected chi connectivity index (χ1v) is 13.4. The van der Waals surface area contributed by atoms with Gasteiger partial charge < -0.3 is 0 Å². The highest BCUT2D eigenvalue weighted by atomic mass is 32.2. The highest BCUT2D eigenvalue weighted by Gasteiger charge is 2.35. The highest BCUT2D eigenvalue weighted by molar-refractivity contribution is 7.99. The van der Waals surface area contributed by atoms with Crippen LogP contribution < -0.4 is 0 Å². The molecule has 0 unspecified atom stereocenters. The zero-order valence-corrected chi connectivity index (χ0v) is 14.1. The molecule has 0 spiro atoms. The van der Waals surface area contributed by atoms with Gasteiger partial charge in [-0.1, -0.05) is 69.4 Å². The Morgan fingerprint density at radius 3 is 1.62 bits per heavy atom. The van der Waals surface area contributed by atoms with Gasteiger partial charge in [-0.25, -0.2) is 0 Å². The van der Waals surface area contributed by atoms with Crippen molar-refractivity contribution in [1.29, 1.82) is 0 Å². The second kappa shape index (κ2) is 5.08. The fraction of sp³-hybridized carbons (Fsp3) is 0.500. The van der Waals surface area contributed by atoms with Gasteiger partial charge in [0.1, 0.15) is 16.5 Å². The molecule has 0 saturated carbocycles. The number of hydrogen-bond acceptors (Lipinski definition) is 2. The lowest BCUT2D eigenvalue weighted by Crippen LogP contribution is -2.54. The van der Waals surface area contributed by atoms with Crippen LogP contribution in [0.4, 0.5) is 0 Å². The van der Waals surface area contributed by atoms with Crippen LogP contribution in [0.1, 0.15) is 0 Å². The van der Waals surface area contributed by atoms with Crippen molar-refractivity contribution >= 4 is 28.4 Å². The van der Waals surface area contributed by atoms with Gasteiger partial charge in [0.05, 0.1) is 0 Å². The number of benzene rings is 1. The van der Waals surface area contributed by atoms with Crippen LogP contribution in [0.25, 0.3) is 0 Å². The number of hydrogen-bond donors (Lipinski definition) is 0. The molecule has 1 nitrogen and oxygen atoms in total. The fourth-order valence-electron chi connectivity index (χ4n) is 1.87. The zero-order chi connectivity index (χ0) is 12.4. The van der Waals surface area contributed by atoms with E-state index in [2.05, 4.69) is 73.3 Å². The molecule has 0 heterocycles. The molecule has 0 aliphatic heterocycles. The summed E-state index contributed by atoms with van der Waals surface area (Å²) in [5.74, 6) is 0. The van der Waals surface area contributed by atoms with Gasteiger partial charge in [0, 0.05) is 4.90 Å². The SMILES string of the molecule is C[Si](C)(C)N(Sc1ccccc1)[Si](C)(C)C. The van der Waals surface area contributed by atoms with Crippen LogP contribution in [-0.2, 0) is 0 Å². The predicted molar refractivity (Wildman–Crippen MR) is 80.8 cm³/mol. The summed E-state index contributed by atoms with van der Waals surface area (Å²) in [5.41, 5.74) is 0. The molecule has 0 saturated heterocycles. The minimum Gasteiger partial charge on any atom is -0.289 e. The molecule has 0 bridgehead atoms. The van der Waals surface area contributed by atoms with Crippen molar-refractivity contribution in [2.45, 2.75) is 44.2 Å². The van der Waals surface area contributed by atoms with E-state index in [9.17, 15) is 0 Å². The lowest BCUT2D eigenvalue weighted by molar-refractivity contribution is 0.995. The third kappa shape index (κ3) is 4.09. The van der Waals surface area contributed by atoms with Crippen molar-refractivity contribution in [3.8, 4) is 0 Å². The molecule has 0 atom stereocenters. The number of nitrogens with zero attached hydrogens (tertiary/aromatic N) is 1. The highest BCUT2D eigenvalue weighted by Crippen LogP contribution is 2.33. The minimum atomic E-state index is -1.25. The van der Waals surface area contributed by atoms with Gasteiger partial charge >= 0.3 is 0 Å². The molecule has 0 amide bonds. The summed E-state index contributed by atoms with van der Waals surface area (Å²) in [6.45, 7) is 14.6. The van der Waals surface area contributed by atoms with E-state index in [1.54, 1.807) is 0 Å². The van der Waals surface area contributed by atoms with Crippen LogP contribution >= 0.6 is 11.9 Å². The molecular weight excluding hydrogens is 246 g/mol. The van der Waals surface area contributed by atoms with Crippen LogP contribution in [0, 0.1) is 0 Å². The Balaban J connectivity index is 2.89. The van der Waals surface area contributed by atoms with Crippen molar-refractivity contribution in [2.75, 3.05) is 0 Å². The smallest absolute Gasteiger partial charge is 0.123 e. The molecule has 90 valence electrons. The molecule has 4 heteroatoms. The third-order valence-corrected chi connectivity index (χ3v) is 13.1. The van der Waals surface area contributed by atoms with Crippen molar-refractivity contribution in [2.24, 2.45) is 0 Å². The monoisotopic (exact) mass is 269 g/mol. The van der Waals surface area contributed by atoms with Gasteiger partial charge in [-0.05, 0) is 12.1 Å². The van der Waals surface area contributed by atoms with Crippen molar-refractivity contribution in [3.63, 3.8) is 0 Å². The Morgan fingerprint density at radius 1 is 0.812 bits per heavy atom. The third-order valence-electron chi connectivity index (χ3n) is 2.16. The molecule has 1 aromatic rings. The lowest BCUT2D eigenvalue weighted by Gasteiger charge is -2.42. The summed E-state index contributed by atoms with van der Waals surface area (Å²) in [6.07, 6.45) is 0. The van der Waals surface area contributed by atoms with Crippen LogP contribution in [0.2, 0.25) is 39.3 Å². The first kappa shape index (κ1) is 14.0. The molecule has 1 aromatic carbocycles. The normalized spacial score (nSPS) is 13.2. The topological polar surface area (TPSA) is 3.24 Å². The van der Waals surface area contributed by atoms with E-state index in [1.165, 1.54) is 4.90 Å². The fourth-order valence-corrected chi connectivity index (χ4v) is 13.2. The van der Waals surface area contributed by atoms with E-state index >= 15 is 0 Å². The molecule has 0 aromatic heterocycles. The summed E-state index contributed by atoms with van der Waals surface area (Å²) in [4.78, 5) is 1.37. The first-order valence-electron chi connectivity index (χ1n) is 5.74. The molecule has 0 aliphatic rings. The van der Waals surface area contributed by atoms with Crippen LogP contribution in [-0.4, -0.2) is 20.1 Å².